The number of carbonyl (C=O) groups is 2. The Balaban J connectivity index is 2.04. The first-order valence-electron chi connectivity index (χ1n) is 7.29. The maximum atomic E-state index is 12.6. The zero-order valence-electron chi connectivity index (χ0n) is 13.0. The van der Waals surface area contributed by atoms with E-state index in [0.717, 1.165) is 23.5 Å². The number of thioether (sulfide) groups is 1. The van der Waals surface area contributed by atoms with Crippen LogP contribution in [0.3, 0.4) is 0 Å². The molecular weight excluding hydrogens is 302 g/mol. The Bertz CT molecular complexity index is 542. The number of ether oxygens (including phenoxy) is 1. The van der Waals surface area contributed by atoms with Crippen LogP contribution < -0.4 is 4.74 Å². The van der Waals surface area contributed by atoms with E-state index in [0.29, 0.717) is 0 Å². The molecule has 2 rings (SSSR count). The Labute approximate surface area is 134 Å². The number of carboxylic acids is 1. The van der Waals surface area contributed by atoms with Gasteiger partial charge in [-0.2, -0.15) is 0 Å². The number of carboxylic acid groups (broad SMARTS) is 1. The van der Waals surface area contributed by atoms with Gasteiger partial charge in [-0.15, -0.1) is 11.8 Å². The van der Waals surface area contributed by atoms with Crippen molar-refractivity contribution in [2.24, 2.45) is 0 Å². The summed E-state index contributed by atoms with van der Waals surface area (Å²) in [5.41, 5.74) is 0. The number of hydrogen-bond donors (Lipinski definition) is 1. The van der Waals surface area contributed by atoms with E-state index in [-0.39, 0.29) is 17.2 Å². The molecule has 2 atom stereocenters. The Morgan fingerprint density at radius 2 is 1.86 bits per heavy atom. The summed E-state index contributed by atoms with van der Waals surface area (Å²) in [5.74, 6) is -0.303. The molecule has 0 bridgehead atoms. The monoisotopic (exact) mass is 323 g/mol. The number of benzene rings is 1. The summed E-state index contributed by atoms with van der Waals surface area (Å²) < 4.78 is 5.11. The van der Waals surface area contributed by atoms with Crippen molar-refractivity contribution in [3.8, 4) is 5.75 Å². The van der Waals surface area contributed by atoms with Gasteiger partial charge in [0, 0.05) is 10.9 Å². The summed E-state index contributed by atoms with van der Waals surface area (Å²) in [5, 5.41) is 8.87. The fourth-order valence-corrected chi connectivity index (χ4v) is 3.20. The third kappa shape index (κ3) is 3.94. The standard InChI is InChI=1S/C16H21NO4S/c1-10(16(19)20)17(12-4-5-12)15(18)11(2)22-14-8-6-13(21-3)7-9-14/h6-12H,4-5H2,1-3H3,(H,19,20). The highest BCUT2D eigenvalue weighted by molar-refractivity contribution is 8.00. The zero-order valence-corrected chi connectivity index (χ0v) is 13.8. The Morgan fingerprint density at radius 3 is 2.32 bits per heavy atom. The van der Waals surface area contributed by atoms with Gasteiger partial charge >= 0.3 is 5.97 Å². The second kappa shape index (κ2) is 7.05. The summed E-state index contributed by atoms with van der Waals surface area (Å²) >= 11 is 1.43. The van der Waals surface area contributed by atoms with Gasteiger partial charge in [0.25, 0.3) is 0 Å². The van der Waals surface area contributed by atoms with Crippen LogP contribution in [0.15, 0.2) is 29.2 Å². The molecule has 2 unspecified atom stereocenters. The number of carbonyl (C=O) groups excluding carboxylic acids is 1. The molecule has 1 fully saturated rings. The van der Waals surface area contributed by atoms with Crippen LogP contribution in [0.1, 0.15) is 26.7 Å². The van der Waals surface area contributed by atoms with E-state index in [2.05, 4.69) is 0 Å². The molecule has 1 aliphatic rings. The zero-order chi connectivity index (χ0) is 16.3. The molecule has 1 amide bonds. The summed E-state index contributed by atoms with van der Waals surface area (Å²) in [7, 11) is 1.61. The predicted molar refractivity (Wildman–Crippen MR) is 85.3 cm³/mol. The molecule has 5 nitrogen and oxygen atoms in total. The minimum atomic E-state index is -0.957. The summed E-state index contributed by atoms with van der Waals surface area (Å²) in [4.78, 5) is 26.3. The van der Waals surface area contributed by atoms with Crippen LogP contribution in [0.4, 0.5) is 0 Å². The van der Waals surface area contributed by atoms with Crippen molar-refractivity contribution in [3.05, 3.63) is 24.3 Å². The fraction of sp³-hybridized carbons (Fsp3) is 0.500. The van der Waals surface area contributed by atoms with Gasteiger partial charge in [-0.05, 0) is 51.0 Å². The van der Waals surface area contributed by atoms with Crippen LogP contribution in [0.25, 0.3) is 0 Å². The molecule has 0 heterocycles. The first-order chi connectivity index (χ1) is 10.4. The molecule has 1 aromatic carbocycles. The lowest BCUT2D eigenvalue weighted by Gasteiger charge is -2.29. The van der Waals surface area contributed by atoms with Gasteiger partial charge in [0.05, 0.1) is 12.4 Å². The molecule has 120 valence electrons. The van der Waals surface area contributed by atoms with Crippen molar-refractivity contribution in [1.29, 1.82) is 0 Å². The number of amides is 1. The van der Waals surface area contributed by atoms with Crippen LogP contribution in [-0.2, 0) is 9.59 Å². The van der Waals surface area contributed by atoms with E-state index < -0.39 is 12.0 Å². The lowest BCUT2D eigenvalue weighted by molar-refractivity contribution is -0.149. The second-order valence-electron chi connectivity index (χ2n) is 5.43. The van der Waals surface area contributed by atoms with Crippen LogP contribution in [0.5, 0.6) is 5.75 Å². The lowest BCUT2D eigenvalue weighted by Crippen LogP contribution is -2.47. The Kier molecular flexibility index (Phi) is 5.34. The molecular formula is C16H21NO4S. The number of nitrogens with zero attached hydrogens (tertiary/aromatic N) is 1. The molecule has 0 aliphatic heterocycles. The van der Waals surface area contributed by atoms with E-state index in [1.165, 1.54) is 16.7 Å². The minimum Gasteiger partial charge on any atom is -0.497 e. The van der Waals surface area contributed by atoms with E-state index in [4.69, 9.17) is 4.74 Å². The number of hydrogen-bond acceptors (Lipinski definition) is 4. The summed E-state index contributed by atoms with van der Waals surface area (Å²) in [6.07, 6.45) is 1.78. The van der Waals surface area contributed by atoms with Crippen molar-refractivity contribution < 1.29 is 19.4 Å². The maximum Gasteiger partial charge on any atom is 0.326 e. The van der Waals surface area contributed by atoms with E-state index >= 15 is 0 Å². The highest BCUT2D eigenvalue weighted by atomic mass is 32.2. The minimum absolute atomic E-state index is 0.0810. The van der Waals surface area contributed by atoms with Gasteiger partial charge in [0.2, 0.25) is 5.91 Å². The quantitative estimate of drug-likeness (QED) is 0.781. The van der Waals surface area contributed by atoms with E-state index in [9.17, 15) is 14.7 Å². The average molecular weight is 323 g/mol. The van der Waals surface area contributed by atoms with Crippen LogP contribution in [0, 0.1) is 0 Å². The van der Waals surface area contributed by atoms with Gasteiger partial charge in [-0.1, -0.05) is 0 Å². The molecule has 1 aromatic rings. The second-order valence-corrected chi connectivity index (χ2v) is 6.84. The van der Waals surface area contributed by atoms with Gasteiger partial charge in [0.15, 0.2) is 0 Å². The van der Waals surface area contributed by atoms with Crippen molar-refractivity contribution >= 4 is 23.6 Å². The van der Waals surface area contributed by atoms with Crippen molar-refractivity contribution in [1.82, 2.24) is 4.90 Å². The molecule has 1 aliphatic carbocycles. The first kappa shape index (κ1) is 16.7. The van der Waals surface area contributed by atoms with Gasteiger partial charge in [-0.25, -0.2) is 4.79 Å². The van der Waals surface area contributed by atoms with E-state index in [1.54, 1.807) is 14.0 Å². The molecule has 0 saturated heterocycles. The molecule has 0 spiro atoms. The summed E-state index contributed by atoms with van der Waals surface area (Å²) in [6.45, 7) is 3.39. The van der Waals surface area contributed by atoms with Gasteiger partial charge < -0.3 is 14.7 Å². The van der Waals surface area contributed by atoms with Crippen molar-refractivity contribution in [3.63, 3.8) is 0 Å². The largest absolute Gasteiger partial charge is 0.497 e. The number of aliphatic carboxylic acids is 1. The fourth-order valence-electron chi connectivity index (χ4n) is 2.28. The normalized spacial score (nSPS) is 16.7. The molecule has 22 heavy (non-hydrogen) atoms. The molecule has 0 radical (unpaired) electrons. The van der Waals surface area contributed by atoms with Crippen molar-refractivity contribution in [2.45, 2.75) is 48.9 Å². The van der Waals surface area contributed by atoms with Crippen LogP contribution in [0.2, 0.25) is 0 Å². The highest BCUT2D eigenvalue weighted by Gasteiger charge is 2.40. The smallest absolute Gasteiger partial charge is 0.326 e. The number of methoxy groups -OCH3 is 1. The van der Waals surface area contributed by atoms with Crippen molar-refractivity contribution in [2.75, 3.05) is 7.11 Å². The van der Waals surface area contributed by atoms with Crippen LogP contribution >= 0.6 is 11.8 Å². The molecule has 1 N–H and O–H groups in total. The number of rotatable bonds is 7. The van der Waals surface area contributed by atoms with Crippen LogP contribution in [-0.4, -0.2) is 46.3 Å². The lowest BCUT2D eigenvalue weighted by atomic mass is 10.2. The molecule has 6 heteroatoms. The van der Waals surface area contributed by atoms with Gasteiger partial charge in [0.1, 0.15) is 11.8 Å². The molecule has 1 saturated carbocycles. The van der Waals surface area contributed by atoms with E-state index in [1.807, 2.05) is 31.2 Å². The topological polar surface area (TPSA) is 66.8 Å². The third-order valence-electron chi connectivity index (χ3n) is 3.69. The third-order valence-corrected chi connectivity index (χ3v) is 4.79. The Morgan fingerprint density at radius 1 is 1.27 bits per heavy atom. The highest BCUT2D eigenvalue weighted by Crippen LogP contribution is 2.33. The Hall–Kier alpha value is -1.69. The van der Waals surface area contributed by atoms with Gasteiger partial charge in [-0.3, -0.25) is 4.79 Å². The summed E-state index contributed by atoms with van der Waals surface area (Å²) in [6, 6.07) is 6.79. The predicted octanol–water partition coefficient (Wildman–Crippen LogP) is 2.64. The SMILES string of the molecule is COc1ccc(SC(C)C(=O)N(C2CC2)C(C)C(=O)O)cc1. The maximum absolute atomic E-state index is 12.6. The first-order valence-corrected chi connectivity index (χ1v) is 8.17. The molecule has 0 aromatic heterocycles. The average Bonchev–Trinajstić information content (AvgIpc) is 3.32.